The molecule has 5 rings (SSSR count). The Hall–Kier alpha value is -4.25. The zero-order valence-corrected chi connectivity index (χ0v) is 20.2. The molecule has 0 bridgehead atoms. The number of nitrogens with zero attached hydrogens (tertiary/aromatic N) is 1. The molecule has 0 fully saturated rings. The number of Topliss-reactive ketones (excluding diaryl/α,β-unsaturated/α-hetero) is 1. The molecule has 4 aromatic rings. The van der Waals surface area contributed by atoms with E-state index in [0.717, 1.165) is 27.8 Å². The molecule has 0 saturated carbocycles. The molecule has 1 aliphatic rings. The van der Waals surface area contributed by atoms with Gasteiger partial charge in [-0.25, -0.2) is 4.98 Å². The number of amides is 1. The highest BCUT2D eigenvalue weighted by atomic mass is 16.5. The first-order valence-corrected chi connectivity index (χ1v) is 12.2. The SMILES string of the molecule is C[C@@H](CC(=O)c1ccc2c(c1)COc1cnc(NC(=O)CCc3ccccc3)cc1-2)c1ccccc1. The Morgan fingerprint density at radius 3 is 2.47 bits per heavy atom. The molecule has 0 radical (unpaired) electrons. The fourth-order valence-corrected chi connectivity index (χ4v) is 4.54. The van der Waals surface area contributed by atoms with Gasteiger partial charge < -0.3 is 10.1 Å². The van der Waals surface area contributed by atoms with Gasteiger partial charge in [-0.3, -0.25) is 9.59 Å². The van der Waals surface area contributed by atoms with Crippen LogP contribution < -0.4 is 10.1 Å². The maximum atomic E-state index is 13.0. The van der Waals surface area contributed by atoms with Gasteiger partial charge in [-0.05, 0) is 46.7 Å². The van der Waals surface area contributed by atoms with Gasteiger partial charge in [-0.1, -0.05) is 79.7 Å². The lowest BCUT2D eigenvalue weighted by Crippen LogP contribution is -2.14. The van der Waals surface area contributed by atoms with Crippen LogP contribution in [0.1, 0.15) is 52.7 Å². The molecule has 0 unspecified atom stereocenters. The number of rotatable bonds is 8. The first-order valence-electron chi connectivity index (χ1n) is 12.2. The van der Waals surface area contributed by atoms with Gasteiger partial charge in [0.1, 0.15) is 18.2 Å². The van der Waals surface area contributed by atoms with Crippen molar-refractivity contribution in [3.8, 4) is 16.9 Å². The molecule has 0 spiro atoms. The topological polar surface area (TPSA) is 68.3 Å². The maximum Gasteiger partial charge on any atom is 0.225 e. The van der Waals surface area contributed by atoms with Crippen molar-refractivity contribution in [2.75, 3.05) is 5.32 Å². The number of hydrogen-bond acceptors (Lipinski definition) is 4. The highest BCUT2D eigenvalue weighted by molar-refractivity contribution is 5.98. The lowest BCUT2D eigenvalue weighted by molar-refractivity contribution is -0.116. The summed E-state index contributed by atoms with van der Waals surface area (Å²) in [7, 11) is 0. The quantitative estimate of drug-likeness (QED) is 0.291. The number of pyridine rings is 1. The van der Waals surface area contributed by atoms with Crippen LogP contribution in [0.25, 0.3) is 11.1 Å². The first kappa shape index (κ1) is 23.5. The number of fused-ring (bicyclic) bond motifs is 3. The fourth-order valence-electron chi connectivity index (χ4n) is 4.54. The monoisotopic (exact) mass is 476 g/mol. The summed E-state index contributed by atoms with van der Waals surface area (Å²) in [6.07, 6.45) is 3.14. The number of aryl methyl sites for hydroxylation is 1. The Balaban J connectivity index is 1.28. The molecule has 5 nitrogen and oxygen atoms in total. The van der Waals surface area contributed by atoms with Gasteiger partial charge in [0.2, 0.25) is 5.91 Å². The number of hydrogen-bond donors (Lipinski definition) is 1. The van der Waals surface area contributed by atoms with Crippen molar-refractivity contribution >= 4 is 17.5 Å². The molecule has 1 amide bonds. The third-order valence-corrected chi connectivity index (χ3v) is 6.58. The van der Waals surface area contributed by atoms with Crippen molar-refractivity contribution < 1.29 is 14.3 Å². The molecule has 1 aliphatic heterocycles. The molecule has 5 heteroatoms. The van der Waals surface area contributed by atoms with E-state index in [0.29, 0.717) is 43.0 Å². The molecule has 180 valence electrons. The van der Waals surface area contributed by atoms with Crippen LogP contribution in [-0.2, 0) is 17.8 Å². The molecule has 1 aromatic heterocycles. The summed E-state index contributed by atoms with van der Waals surface area (Å²) in [6, 6.07) is 27.6. The van der Waals surface area contributed by atoms with E-state index in [-0.39, 0.29) is 17.6 Å². The summed E-state index contributed by atoms with van der Waals surface area (Å²) in [5.41, 5.74) is 5.77. The lowest BCUT2D eigenvalue weighted by Gasteiger charge is -2.22. The number of nitrogens with one attached hydrogen (secondary N) is 1. The van der Waals surface area contributed by atoms with Gasteiger partial charge >= 0.3 is 0 Å². The largest absolute Gasteiger partial charge is 0.487 e. The van der Waals surface area contributed by atoms with Crippen molar-refractivity contribution in [2.24, 2.45) is 0 Å². The highest BCUT2D eigenvalue weighted by Gasteiger charge is 2.21. The second-order valence-electron chi connectivity index (χ2n) is 9.20. The maximum absolute atomic E-state index is 13.0. The second kappa shape index (κ2) is 10.6. The number of aromatic nitrogens is 1. The standard InChI is InChI=1S/C31H28N2O3/c1-21(23-10-6-3-7-11-23)16-28(34)24-13-14-26-25(17-24)20-36-29-19-32-30(18-27(26)29)33-31(35)15-12-22-8-4-2-5-9-22/h2-11,13-14,17-19,21H,12,15-16,20H2,1H3,(H,32,33,35)/t21-/m0/s1. The molecular formula is C31H28N2O3. The van der Waals surface area contributed by atoms with Gasteiger partial charge in [0, 0.05) is 24.0 Å². The summed E-state index contributed by atoms with van der Waals surface area (Å²) < 4.78 is 5.91. The predicted octanol–water partition coefficient (Wildman–Crippen LogP) is 6.59. The first-order chi connectivity index (χ1) is 17.6. The van der Waals surface area contributed by atoms with Crippen molar-refractivity contribution in [3.05, 3.63) is 113 Å². The molecule has 2 heterocycles. The number of anilines is 1. The molecule has 1 N–H and O–H groups in total. The van der Waals surface area contributed by atoms with Crippen molar-refractivity contribution in [3.63, 3.8) is 0 Å². The normalized spacial score (nSPS) is 12.6. The molecule has 0 saturated heterocycles. The molecule has 3 aromatic carbocycles. The number of carbonyl (C=O) groups is 2. The minimum Gasteiger partial charge on any atom is -0.487 e. The minimum atomic E-state index is -0.0864. The van der Waals surface area contributed by atoms with E-state index in [1.165, 1.54) is 0 Å². The fraction of sp³-hybridized carbons (Fsp3) is 0.194. The van der Waals surface area contributed by atoms with Crippen LogP contribution in [0.15, 0.2) is 91.1 Å². The zero-order chi connectivity index (χ0) is 24.9. The van der Waals surface area contributed by atoms with E-state index in [4.69, 9.17) is 4.74 Å². The summed E-state index contributed by atoms with van der Waals surface area (Å²) in [6.45, 7) is 2.45. The van der Waals surface area contributed by atoms with Crippen molar-refractivity contribution in [1.82, 2.24) is 4.98 Å². The smallest absolute Gasteiger partial charge is 0.225 e. The van der Waals surface area contributed by atoms with Crippen LogP contribution in [-0.4, -0.2) is 16.7 Å². The van der Waals surface area contributed by atoms with Crippen molar-refractivity contribution in [1.29, 1.82) is 0 Å². The van der Waals surface area contributed by atoms with E-state index in [1.54, 1.807) is 6.20 Å². The molecular weight excluding hydrogens is 448 g/mol. The van der Waals surface area contributed by atoms with Gasteiger partial charge in [-0.2, -0.15) is 0 Å². The van der Waals surface area contributed by atoms with E-state index in [9.17, 15) is 9.59 Å². The second-order valence-corrected chi connectivity index (χ2v) is 9.20. The number of benzene rings is 3. The predicted molar refractivity (Wildman–Crippen MR) is 141 cm³/mol. The number of carbonyl (C=O) groups excluding carboxylic acids is 2. The van der Waals surface area contributed by atoms with Gasteiger partial charge in [0.15, 0.2) is 5.78 Å². The van der Waals surface area contributed by atoms with Crippen LogP contribution in [0.5, 0.6) is 5.75 Å². The minimum absolute atomic E-state index is 0.0864. The zero-order valence-electron chi connectivity index (χ0n) is 20.2. The summed E-state index contributed by atoms with van der Waals surface area (Å²) in [4.78, 5) is 29.8. The Morgan fingerprint density at radius 1 is 0.944 bits per heavy atom. The Labute approximate surface area is 211 Å². The van der Waals surface area contributed by atoms with Gasteiger partial charge in [0.25, 0.3) is 0 Å². The van der Waals surface area contributed by atoms with Crippen LogP contribution in [0.3, 0.4) is 0 Å². The van der Waals surface area contributed by atoms with Crippen LogP contribution in [0, 0.1) is 0 Å². The lowest BCUT2D eigenvalue weighted by atomic mass is 9.90. The Kier molecular flexibility index (Phi) is 6.89. The molecule has 36 heavy (non-hydrogen) atoms. The Bertz CT molecular complexity index is 1380. The molecule has 1 atom stereocenters. The van der Waals surface area contributed by atoms with Crippen LogP contribution >= 0.6 is 0 Å². The van der Waals surface area contributed by atoms with Gasteiger partial charge in [-0.15, -0.1) is 0 Å². The summed E-state index contributed by atoms with van der Waals surface area (Å²) >= 11 is 0. The Morgan fingerprint density at radius 2 is 1.69 bits per heavy atom. The highest BCUT2D eigenvalue weighted by Crippen LogP contribution is 2.39. The third-order valence-electron chi connectivity index (χ3n) is 6.58. The van der Waals surface area contributed by atoms with Crippen LogP contribution in [0.4, 0.5) is 5.82 Å². The summed E-state index contributed by atoms with van der Waals surface area (Å²) in [5, 5.41) is 2.90. The number of ether oxygens (including phenoxy) is 1. The number of ketones is 1. The van der Waals surface area contributed by atoms with E-state index < -0.39 is 0 Å². The van der Waals surface area contributed by atoms with Crippen LogP contribution in [0.2, 0.25) is 0 Å². The summed E-state index contributed by atoms with van der Waals surface area (Å²) in [5.74, 6) is 1.32. The van der Waals surface area contributed by atoms with E-state index in [1.807, 2.05) is 72.8 Å². The van der Waals surface area contributed by atoms with E-state index >= 15 is 0 Å². The van der Waals surface area contributed by atoms with E-state index in [2.05, 4.69) is 29.4 Å². The van der Waals surface area contributed by atoms with Crippen molar-refractivity contribution in [2.45, 2.75) is 38.7 Å². The molecule has 0 aliphatic carbocycles. The third kappa shape index (κ3) is 5.36. The average Bonchev–Trinajstić information content (AvgIpc) is 2.92. The van der Waals surface area contributed by atoms with Gasteiger partial charge in [0.05, 0.1) is 6.20 Å². The average molecular weight is 477 g/mol.